The maximum atomic E-state index is 12.7. The first-order valence-electron chi connectivity index (χ1n) is 4.71. The Morgan fingerprint density at radius 3 is 2.47 bits per heavy atom. The molecule has 2 N–H and O–H groups in total. The lowest BCUT2D eigenvalue weighted by molar-refractivity contribution is -0.145. The highest BCUT2D eigenvalue weighted by Crippen LogP contribution is 2.33. The molecule has 6 heteroatoms. The van der Waals surface area contributed by atoms with Crippen LogP contribution >= 0.6 is 0 Å². The van der Waals surface area contributed by atoms with Crippen molar-refractivity contribution in [2.75, 3.05) is 6.54 Å². The molecule has 0 aliphatic rings. The van der Waals surface area contributed by atoms with Crippen molar-refractivity contribution < 1.29 is 13.2 Å². The van der Waals surface area contributed by atoms with Crippen molar-refractivity contribution in [2.45, 2.75) is 32.5 Å². The van der Waals surface area contributed by atoms with Crippen LogP contribution in [0.15, 0.2) is 6.20 Å². The van der Waals surface area contributed by atoms with Gasteiger partial charge < -0.3 is 5.73 Å². The molecule has 1 aromatic heterocycles. The number of aromatic nitrogens is 2. The summed E-state index contributed by atoms with van der Waals surface area (Å²) >= 11 is 0. The Balaban J connectivity index is 3.21. The summed E-state index contributed by atoms with van der Waals surface area (Å²) in [6.45, 7) is 3.51. The molecule has 86 valence electrons. The van der Waals surface area contributed by atoms with E-state index in [1.54, 1.807) is 13.8 Å². The van der Waals surface area contributed by atoms with Gasteiger partial charge in [0.25, 0.3) is 0 Å². The first kappa shape index (κ1) is 12.0. The van der Waals surface area contributed by atoms with Crippen molar-refractivity contribution >= 4 is 0 Å². The lowest BCUT2D eigenvalue weighted by Gasteiger charge is -2.14. The summed E-state index contributed by atoms with van der Waals surface area (Å²) in [5.41, 5.74) is 4.74. The van der Waals surface area contributed by atoms with Gasteiger partial charge in [-0.05, 0) is 26.8 Å². The normalized spacial score (nSPS) is 12.5. The summed E-state index contributed by atoms with van der Waals surface area (Å²) in [4.78, 5) is 0. The van der Waals surface area contributed by atoms with E-state index < -0.39 is 11.9 Å². The Labute approximate surface area is 86.1 Å². The molecule has 1 heterocycles. The van der Waals surface area contributed by atoms with Crippen molar-refractivity contribution in [2.24, 2.45) is 5.73 Å². The van der Waals surface area contributed by atoms with Gasteiger partial charge in [-0.1, -0.05) is 0 Å². The molecular formula is C9H14F3N3. The van der Waals surface area contributed by atoms with E-state index >= 15 is 0 Å². The van der Waals surface area contributed by atoms with Gasteiger partial charge in [0, 0.05) is 11.6 Å². The van der Waals surface area contributed by atoms with Crippen LogP contribution in [0.25, 0.3) is 0 Å². The minimum absolute atomic E-state index is 0.165. The number of alkyl halides is 3. The quantitative estimate of drug-likeness (QED) is 0.848. The van der Waals surface area contributed by atoms with Crippen LogP contribution in [0, 0.1) is 0 Å². The third-order valence-corrected chi connectivity index (χ3v) is 2.04. The summed E-state index contributed by atoms with van der Waals surface area (Å²) in [7, 11) is 0. The van der Waals surface area contributed by atoms with Gasteiger partial charge in [-0.2, -0.15) is 18.3 Å². The summed E-state index contributed by atoms with van der Waals surface area (Å²) in [5.74, 6) is 0. The molecule has 0 unspecified atom stereocenters. The van der Waals surface area contributed by atoms with Crippen LogP contribution in [-0.4, -0.2) is 16.3 Å². The molecule has 0 bridgehead atoms. The standard InChI is InChI=1S/C9H14F3N3/c1-6(2)15-8(9(10,11)12)7(3-4-13)5-14-15/h5-6H,3-4,13H2,1-2H3. The topological polar surface area (TPSA) is 43.8 Å². The molecule has 15 heavy (non-hydrogen) atoms. The molecule has 0 atom stereocenters. The van der Waals surface area contributed by atoms with Gasteiger partial charge in [0.1, 0.15) is 5.69 Å². The zero-order valence-corrected chi connectivity index (χ0v) is 8.67. The Kier molecular flexibility index (Phi) is 3.38. The summed E-state index contributed by atoms with van der Waals surface area (Å²) in [5, 5.41) is 3.74. The SMILES string of the molecule is CC(C)n1ncc(CCN)c1C(F)(F)F. The zero-order valence-electron chi connectivity index (χ0n) is 8.67. The molecule has 1 aromatic rings. The minimum Gasteiger partial charge on any atom is -0.330 e. The number of nitrogens with two attached hydrogens (primary N) is 1. The summed E-state index contributed by atoms with van der Waals surface area (Å²) < 4.78 is 39.2. The molecular weight excluding hydrogens is 207 g/mol. The molecule has 0 aromatic carbocycles. The fourth-order valence-electron chi connectivity index (χ4n) is 1.44. The predicted octanol–water partition coefficient (Wildman–Crippen LogP) is 1.98. The van der Waals surface area contributed by atoms with Crippen molar-refractivity contribution in [3.8, 4) is 0 Å². The number of rotatable bonds is 3. The highest BCUT2D eigenvalue weighted by molar-refractivity contribution is 5.21. The van der Waals surface area contributed by atoms with Crippen molar-refractivity contribution in [1.82, 2.24) is 9.78 Å². The summed E-state index contributed by atoms with van der Waals surface area (Å²) in [6.07, 6.45) is -2.93. The number of hydrogen-bond acceptors (Lipinski definition) is 2. The highest BCUT2D eigenvalue weighted by Gasteiger charge is 2.38. The lowest BCUT2D eigenvalue weighted by Crippen LogP contribution is -2.19. The van der Waals surface area contributed by atoms with E-state index in [0.717, 1.165) is 4.68 Å². The van der Waals surface area contributed by atoms with Gasteiger partial charge in [0.15, 0.2) is 0 Å². The van der Waals surface area contributed by atoms with Gasteiger partial charge in [0.05, 0.1) is 6.20 Å². The van der Waals surface area contributed by atoms with Crippen LogP contribution in [-0.2, 0) is 12.6 Å². The second-order valence-corrected chi connectivity index (χ2v) is 3.59. The van der Waals surface area contributed by atoms with E-state index in [1.165, 1.54) is 6.20 Å². The van der Waals surface area contributed by atoms with E-state index in [-0.39, 0.29) is 24.6 Å². The molecule has 1 rings (SSSR count). The van der Waals surface area contributed by atoms with Gasteiger partial charge in [-0.15, -0.1) is 0 Å². The Bertz CT molecular complexity index is 328. The third kappa shape index (κ3) is 2.50. The molecule has 0 saturated carbocycles. The van der Waals surface area contributed by atoms with Crippen molar-refractivity contribution in [1.29, 1.82) is 0 Å². The van der Waals surface area contributed by atoms with E-state index in [1.807, 2.05) is 0 Å². The fraction of sp³-hybridized carbons (Fsp3) is 0.667. The number of hydrogen-bond donors (Lipinski definition) is 1. The Morgan fingerprint density at radius 2 is 2.07 bits per heavy atom. The molecule has 0 spiro atoms. The van der Waals surface area contributed by atoms with E-state index in [4.69, 9.17) is 5.73 Å². The third-order valence-electron chi connectivity index (χ3n) is 2.04. The van der Waals surface area contributed by atoms with Crippen LogP contribution in [0.3, 0.4) is 0 Å². The average molecular weight is 221 g/mol. The first-order valence-corrected chi connectivity index (χ1v) is 4.71. The van der Waals surface area contributed by atoms with Gasteiger partial charge >= 0.3 is 6.18 Å². The van der Waals surface area contributed by atoms with Crippen molar-refractivity contribution in [3.63, 3.8) is 0 Å². The molecule has 3 nitrogen and oxygen atoms in total. The van der Waals surface area contributed by atoms with E-state index in [2.05, 4.69) is 5.10 Å². The van der Waals surface area contributed by atoms with Crippen LogP contribution < -0.4 is 5.73 Å². The van der Waals surface area contributed by atoms with E-state index in [9.17, 15) is 13.2 Å². The number of halogens is 3. The fourth-order valence-corrected chi connectivity index (χ4v) is 1.44. The maximum Gasteiger partial charge on any atom is 0.433 e. The lowest BCUT2D eigenvalue weighted by atomic mass is 10.1. The summed E-state index contributed by atoms with van der Waals surface area (Å²) in [6, 6.07) is -0.312. The molecule has 0 radical (unpaired) electrons. The molecule has 0 fully saturated rings. The monoisotopic (exact) mass is 221 g/mol. The Hall–Kier alpha value is -1.04. The average Bonchev–Trinajstić information content (AvgIpc) is 2.47. The van der Waals surface area contributed by atoms with Gasteiger partial charge in [-0.3, -0.25) is 4.68 Å². The van der Waals surface area contributed by atoms with Gasteiger partial charge in [-0.25, -0.2) is 0 Å². The second kappa shape index (κ2) is 4.22. The van der Waals surface area contributed by atoms with Gasteiger partial charge in [0.2, 0.25) is 0 Å². The van der Waals surface area contributed by atoms with Crippen LogP contribution in [0.4, 0.5) is 13.2 Å². The highest BCUT2D eigenvalue weighted by atomic mass is 19.4. The molecule has 0 saturated heterocycles. The van der Waals surface area contributed by atoms with Crippen LogP contribution in [0.1, 0.15) is 31.1 Å². The Morgan fingerprint density at radius 1 is 1.47 bits per heavy atom. The number of nitrogens with zero attached hydrogens (tertiary/aromatic N) is 2. The van der Waals surface area contributed by atoms with Crippen LogP contribution in [0.2, 0.25) is 0 Å². The van der Waals surface area contributed by atoms with Crippen LogP contribution in [0.5, 0.6) is 0 Å². The van der Waals surface area contributed by atoms with E-state index in [0.29, 0.717) is 0 Å². The first-order chi connectivity index (χ1) is 6.88. The molecule has 0 aliphatic heterocycles. The zero-order chi connectivity index (χ0) is 11.6. The maximum absolute atomic E-state index is 12.7. The molecule has 0 aliphatic carbocycles. The second-order valence-electron chi connectivity index (χ2n) is 3.59. The smallest absolute Gasteiger partial charge is 0.330 e. The molecule has 0 amide bonds. The minimum atomic E-state index is -4.37. The largest absolute Gasteiger partial charge is 0.433 e. The predicted molar refractivity (Wildman–Crippen MR) is 50.4 cm³/mol. The van der Waals surface area contributed by atoms with Crippen molar-refractivity contribution in [3.05, 3.63) is 17.5 Å².